The van der Waals surface area contributed by atoms with Gasteiger partial charge >= 0.3 is 0 Å². The number of nitrogens with one attached hydrogen (secondary N) is 2. The predicted octanol–water partition coefficient (Wildman–Crippen LogP) is 4.66. The summed E-state index contributed by atoms with van der Waals surface area (Å²) in [6.45, 7) is 1.92. The van der Waals surface area contributed by atoms with Crippen molar-refractivity contribution in [2.75, 3.05) is 10.6 Å². The molecule has 0 atom stereocenters. The highest BCUT2D eigenvalue weighted by molar-refractivity contribution is 6.08. The molecule has 3 aromatic rings. The summed E-state index contributed by atoms with van der Waals surface area (Å²) in [5.74, 6) is -0.561. The van der Waals surface area contributed by atoms with Crippen molar-refractivity contribution in [3.05, 3.63) is 99.6 Å². The summed E-state index contributed by atoms with van der Waals surface area (Å²) in [7, 11) is 0. The average molecular weight is 389 g/mol. The maximum Gasteiger partial charge on any atom is 0.270 e. The van der Waals surface area contributed by atoms with E-state index in [0.29, 0.717) is 23.5 Å². The Kier molecular flexibility index (Phi) is 5.99. The third-order valence-electron chi connectivity index (χ3n) is 4.33. The molecule has 0 aliphatic heterocycles. The van der Waals surface area contributed by atoms with E-state index in [1.807, 2.05) is 30.3 Å². The lowest BCUT2D eigenvalue weighted by Crippen LogP contribution is -2.15. The van der Waals surface area contributed by atoms with Crippen LogP contribution in [0.1, 0.15) is 33.2 Å². The van der Waals surface area contributed by atoms with Gasteiger partial charge in [-0.05, 0) is 42.8 Å². The smallest absolute Gasteiger partial charge is 0.270 e. The number of nitro benzene ring substituents is 1. The Morgan fingerprint density at radius 1 is 0.966 bits per heavy atom. The van der Waals surface area contributed by atoms with E-state index >= 15 is 0 Å². The zero-order valence-electron chi connectivity index (χ0n) is 15.7. The van der Waals surface area contributed by atoms with Crippen LogP contribution in [-0.4, -0.2) is 16.6 Å². The van der Waals surface area contributed by atoms with Crippen molar-refractivity contribution in [1.82, 2.24) is 0 Å². The first kappa shape index (κ1) is 19.8. The van der Waals surface area contributed by atoms with Gasteiger partial charge in [-0.25, -0.2) is 0 Å². The highest BCUT2D eigenvalue weighted by Crippen LogP contribution is 2.24. The van der Waals surface area contributed by atoms with Crippen molar-refractivity contribution < 1.29 is 14.5 Å². The molecule has 0 saturated carbocycles. The van der Waals surface area contributed by atoms with E-state index in [-0.39, 0.29) is 17.0 Å². The molecule has 0 bridgehead atoms. The molecule has 0 unspecified atom stereocenters. The Labute approximate surface area is 167 Å². The first-order valence-corrected chi connectivity index (χ1v) is 8.92. The van der Waals surface area contributed by atoms with Crippen LogP contribution in [0.25, 0.3) is 0 Å². The first-order chi connectivity index (χ1) is 13.9. The van der Waals surface area contributed by atoms with Crippen LogP contribution in [0.4, 0.5) is 17.1 Å². The number of benzene rings is 3. The molecule has 0 radical (unpaired) electrons. The number of Topliss-reactive ketones (excluding diaryl/α,β-unsaturated/α-hetero) is 1. The minimum atomic E-state index is -0.542. The Bertz CT molecular complexity index is 1050. The predicted molar refractivity (Wildman–Crippen MR) is 111 cm³/mol. The number of ketones is 1. The minimum absolute atomic E-state index is 0.0750. The molecule has 0 aromatic heterocycles. The fourth-order valence-electron chi connectivity index (χ4n) is 2.77. The maximum atomic E-state index is 12.8. The SMILES string of the molecule is CC(=O)c1ccc(NC(=O)c2cc([N+](=O)[O-])ccc2NCc2ccccc2)cc1. The van der Waals surface area contributed by atoms with Crippen molar-refractivity contribution in [3.63, 3.8) is 0 Å². The molecule has 0 heterocycles. The van der Waals surface area contributed by atoms with E-state index in [9.17, 15) is 19.7 Å². The van der Waals surface area contributed by atoms with Gasteiger partial charge in [0.2, 0.25) is 0 Å². The van der Waals surface area contributed by atoms with Gasteiger partial charge in [-0.2, -0.15) is 0 Å². The number of hydrogen-bond acceptors (Lipinski definition) is 5. The van der Waals surface area contributed by atoms with E-state index in [1.54, 1.807) is 24.3 Å². The fourth-order valence-corrected chi connectivity index (χ4v) is 2.77. The average Bonchev–Trinajstić information content (AvgIpc) is 2.73. The number of non-ortho nitro benzene ring substituents is 1. The van der Waals surface area contributed by atoms with Gasteiger partial charge in [-0.1, -0.05) is 30.3 Å². The number of nitro groups is 1. The molecule has 146 valence electrons. The van der Waals surface area contributed by atoms with Gasteiger partial charge in [0.05, 0.1) is 10.5 Å². The molecule has 7 nitrogen and oxygen atoms in total. The molecule has 0 aliphatic carbocycles. The molecule has 3 rings (SSSR count). The molecule has 7 heteroatoms. The fraction of sp³-hybridized carbons (Fsp3) is 0.0909. The number of carbonyl (C=O) groups is 2. The van der Waals surface area contributed by atoms with Crippen molar-refractivity contribution in [2.24, 2.45) is 0 Å². The number of nitrogens with zero attached hydrogens (tertiary/aromatic N) is 1. The lowest BCUT2D eigenvalue weighted by Gasteiger charge is -2.13. The second kappa shape index (κ2) is 8.79. The molecule has 3 aromatic carbocycles. The van der Waals surface area contributed by atoms with Gasteiger partial charge < -0.3 is 10.6 Å². The molecule has 0 saturated heterocycles. The number of carbonyl (C=O) groups excluding carboxylic acids is 2. The third-order valence-corrected chi connectivity index (χ3v) is 4.33. The number of amides is 1. The Morgan fingerprint density at radius 2 is 1.66 bits per heavy atom. The van der Waals surface area contributed by atoms with Crippen molar-refractivity contribution >= 4 is 28.8 Å². The van der Waals surface area contributed by atoms with Crippen LogP contribution in [-0.2, 0) is 6.54 Å². The molecule has 1 amide bonds. The number of anilines is 2. The van der Waals surface area contributed by atoms with E-state index < -0.39 is 10.8 Å². The highest BCUT2D eigenvalue weighted by Gasteiger charge is 2.17. The Balaban J connectivity index is 1.84. The van der Waals surface area contributed by atoms with Crippen LogP contribution < -0.4 is 10.6 Å². The molecule has 2 N–H and O–H groups in total. The molecular formula is C22H19N3O4. The van der Waals surface area contributed by atoms with E-state index in [4.69, 9.17) is 0 Å². The van der Waals surface area contributed by atoms with Crippen molar-refractivity contribution in [1.29, 1.82) is 0 Å². The maximum absolute atomic E-state index is 12.8. The van der Waals surface area contributed by atoms with Crippen LogP contribution in [0.15, 0.2) is 72.8 Å². The molecule has 29 heavy (non-hydrogen) atoms. The molecule has 0 fully saturated rings. The van der Waals surface area contributed by atoms with Crippen molar-refractivity contribution in [2.45, 2.75) is 13.5 Å². The summed E-state index contributed by atoms with van der Waals surface area (Å²) in [6.07, 6.45) is 0. The van der Waals surface area contributed by atoms with Gasteiger partial charge in [0.1, 0.15) is 0 Å². The van der Waals surface area contributed by atoms with E-state index in [0.717, 1.165) is 5.56 Å². The van der Waals surface area contributed by atoms with Crippen LogP contribution in [0.3, 0.4) is 0 Å². The van der Waals surface area contributed by atoms with Crippen molar-refractivity contribution in [3.8, 4) is 0 Å². The Morgan fingerprint density at radius 3 is 2.28 bits per heavy atom. The summed E-state index contributed by atoms with van der Waals surface area (Å²) in [5.41, 5.74) is 2.50. The minimum Gasteiger partial charge on any atom is -0.380 e. The second-order valence-electron chi connectivity index (χ2n) is 6.41. The van der Waals surface area contributed by atoms with Gasteiger partial charge in [0.15, 0.2) is 5.78 Å². The summed E-state index contributed by atoms with van der Waals surface area (Å²) in [5, 5.41) is 17.0. The standard InChI is InChI=1S/C22H19N3O4/c1-15(26)17-7-9-18(10-8-17)24-22(27)20-13-19(25(28)29)11-12-21(20)23-14-16-5-3-2-4-6-16/h2-13,23H,14H2,1H3,(H,24,27). The van der Waals surface area contributed by atoms with Gasteiger partial charge in [0.25, 0.3) is 11.6 Å². The van der Waals surface area contributed by atoms with Gasteiger partial charge in [0, 0.05) is 35.6 Å². The normalized spacial score (nSPS) is 10.2. The monoisotopic (exact) mass is 389 g/mol. The molecule has 0 spiro atoms. The summed E-state index contributed by atoms with van der Waals surface area (Å²) in [4.78, 5) is 34.8. The molecule has 0 aliphatic rings. The van der Waals surface area contributed by atoms with Crippen LogP contribution >= 0.6 is 0 Å². The van der Waals surface area contributed by atoms with Crippen LogP contribution in [0, 0.1) is 10.1 Å². The topological polar surface area (TPSA) is 101 Å². The number of hydrogen-bond donors (Lipinski definition) is 2. The highest BCUT2D eigenvalue weighted by atomic mass is 16.6. The first-order valence-electron chi connectivity index (χ1n) is 8.92. The Hall–Kier alpha value is -4.00. The number of rotatable bonds is 7. The van der Waals surface area contributed by atoms with E-state index in [2.05, 4.69) is 10.6 Å². The quantitative estimate of drug-likeness (QED) is 0.348. The zero-order valence-corrected chi connectivity index (χ0v) is 15.7. The summed E-state index contributed by atoms with van der Waals surface area (Å²) < 4.78 is 0. The third kappa shape index (κ3) is 5.04. The lowest BCUT2D eigenvalue weighted by molar-refractivity contribution is -0.384. The lowest BCUT2D eigenvalue weighted by atomic mass is 10.1. The molecular weight excluding hydrogens is 370 g/mol. The zero-order chi connectivity index (χ0) is 20.8. The van der Waals surface area contributed by atoms with Crippen LogP contribution in [0.5, 0.6) is 0 Å². The summed E-state index contributed by atoms with van der Waals surface area (Å²) in [6, 6.07) is 20.2. The van der Waals surface area contributed by atoms with Gasteiger partial charge in [-0.3, -0.25) is 19.7 Å². The summed E-state index contributed by atoms with van der Waals surface area (Å²) >= 11 is 0. The van der Waals surface area contributed by atoms with Crippen LogP contribution in [0.2, 0.25) is 0 Å². The largest absolute Gasteiger partial charge is 0.380 e. The second-order valence-corrected chi connectivity index (χ2v) is 6.41. The van der Waals surface area contributed by atoms with E-state index in [1.165, 1.54) is 25.1 Å². The van der Waals surface area contributed by atoms with Gasteiger partial charge in [-0.15, -0.1) is 0 Å².